The van der Waals surface area contributed by atoms with Crippen molar-refractivity contribution in [1.29, 1.82) is 5.26 Å². The second-order valence-corrected chi connectivity index (χ2v) is 7.10. The van der Waals surface area contributed by atoms with Gasteiger partial charge in [0.05, 0.1) is 11.2 Å². The van der Waals surface area contributed by atoms with Crippen LogP contribution in [-0.4, -0.2) is 18.3 Å². The third kappa shape index (κ3) is 2.33. The Morgan fingerprint density at radius 1 is 1.14 bits per heavy atom. The molecule has 3 rings (SSSR count). The first-order chi connectivity index (χ1) is 10.2. The maximum absolute atomic E-state index is 13.7. The predicted octanol–water partition coefficient (Wildman–Crippen LogP) is 3.79. The lowest BCUT2D eigenvalue weighted by Crippen LogP contribution is -2.41. The fourth-order valence-electron chi connectivity index (χ4n) is 2.88. The fraction of sp³-hybridized carbons (Fsp3) is 0.562. The molecule has 0 amide bonds. The molecule has 1 aliphatic carbocycles. The standard InChI is InChI=1S/C16H18BF2NO2/c1-15(2)16(3,4)22-17(21-15)12-7-10(12)9-5-13(18)11(8-20)14(19)6-9/h5-6,10,12H,7H2,1-4H3/t10-,12+/m1/s1. The first-order valence-electron chi connectivity index (χ1n) is 7.41. The predicted molar refractivity (Wildman–Crippen MR) is 78.3 cm³/mol. The molecule has 1 aromatic carbocycles. The van der Waals surface area contributed by atoms with Crippen LogP contribution in [0.4, 0.5) is 8.78 Å². The molecule has 2 fully saturated rings. The summed E-state index contributed by atoms with van der Waals surface area (Å²) in [5.74, 6) is -1.52. The van der Waals surface area contributed by atoms with E-state index in [9.17, 15) is 8.78 Å². The van der Waals surface area contributed by atoms with Gasteiger partial charge in [0.1, 0.15) is 23.3 Å². The quantitative estimate of drug-likeness (QED) is 0.781. The van der Waals surface area contributed by atoms with Crippen molar-refractivity contribution in [1.82, 2.24) is 0 Å². The van der Waals surface area contributed by atoms with Crippen LogP contribution in [0.3, 0.4) is 0 Å². The van der Waals surface area contributed by atoms with Crippen LogP contribution in [-0.2, 0) is 9.31 Å². The molecule has 1 saturated carbocycles. The minimum atomic E-state index is -0.808. The normalized spacial score (nSPS) is 28.5. The van der Waals surface area contributed by atoms with Crippen molar-refractivity contribution >= 4 is 7.12 Å². The topological polar surface area (TPSA) is 42.2 Å². The molecule has 2 atom stereocenters. The molecule has 0 N–H and O–H groups in total. The summed E-state index contributed by atoms with van der Waals surface area (Å²) < 4.78 is 39.4. The Hall–Kier alpha value is -1.45. The number of nitriles is 1. The molecule has 1 aliphatic heterocycles. The lowest BCUT2D eigenvalue weighted by Gasteiger charge is -2.32. The summed E-state index contributed by atoms with van der Waals surface area (Å²) in [5.41, 5.74) is -0.789. The molecule has 0 unspecified atom stereocenters. The summed E-state index contributed by atoms with van der Waals surface area (Å²) in [6.45, 7) is 7.91. The monoisotopic (exact) mass is 305 g/mol. The minimum Gasteiger partial charge on any atom is -0.403 e. The average molecular weight is 305 g/mol. The van der Waals surface area contributed by atoms with E-state index in [1.807, 2.05) is 27.7 Å². The van der Waals surface area contributed by atoms with Crippen LogP contribution in [0.1, 0.15) is 51.2 Å². The average Bonchev–Trinajstić information content (AvgIpc) is 3.12. The van der Waals surface area contributed by atoms with Crippen LogP contribution in [0.25, 0.3) is 0 Å². The lowest BCUT2D eigenvalue weighted by atomic mass is 9.79. The van der Waals surface area contributed by atoms with Gasteiger partial charge in [0.25, 0.3) is 0 Å². The van der Waals surface area contributed by atoms with Gasteiger partial charge in [0, 0.05) is 5.82 Å². The number of halogens is 2. The highest BCUT2D eigenvalue weighted by Crippen LogP contribution is 2.58. The number of hydrogen-bond donors (Lipinski definition) is 0. The van der Waals surface area contributed by atoms with E-state index in [-0.39, 0.29) is 18.9 Å². The summed E-state index contributed by atoms with van der Waals surface area (Å²) in [4.78, 5) is 0. The highest BCUT2D eigenvalue weighted by atomic mass is 19.1. The van der Waals surface area contributed by atoms with Gasteiger partial charge in [-0.2, -0.15) is 5.26 Å². The molecule has 0 radical (unpaired) electrons. The molecule has 0 spiro atoms. The molecule has 0 aromatic heterocycles. The van der Waals surface area contributed by atoms with E-state index in [0.717, 1.165) is 6.42 Å². The van der Waals surface area contributed by atoms with Crippen molar-refractivity contribution in [3.05, 3.63) is 34.9 Å². The Balaban J connectivity index is 1.78. The van der Waals surface area contributed by atoms with Gasteiger partial charge < -0.3 is 9.31 Å². The highest BCUT2D eigenvalue weighted by molar-refractivity contribution is 6.49. The molecule has 1 heterocycles. The zero-order valence-electron chi connectivity index (χ0n) is 13.1. The van der Waals surface area contributed by atoms with Crippen LogP contribution in [0.5, 0.6) is 0 Å². The van der Waals surface area contributed by atoms with Crippen molar-refractivity contribution in [2.45, 2.75) is 57.1 Å². The zero-order valence-corrected chi connectivity index (χ0v) is 13.1. The van der Waals surface area contributed by atoms with E-state index < -0.39 is 28.4 Å². The van der Waals surface area contributed by atoms with Crippen LogP contribution < -0.4 is 0 Å². The van der Waals surface area contributed by atoms with Gasteiger partial charge in [0.15, 0.2) is 0 Å². The summed E-state index contributed by atoms with van der Waals surface area (Å²) in [5, 5.41) is 8.71. The van der Waals surface area contributed by atoms with Crippen LogP contribution in [0, 0.1) is 23.0 Å². The van der Waals surface area contributed by atoms with Crippen molar-refractivity contribution in [3.8, 4) is 6.07 Å². The number of rotatable bonds is 2. The SMILES string of the molecule is CC1(C)OB([C@H]2C[C@@H]2c2cc(F)c(C#N)c(F)c2)OC1(C)C. The molecule has 2 aliphatic rings. The zero-order chi connectivity index (χ0) is 16.3. The van der Waals surface area contributed by atoms with E-state index in [4.69, 9.17) is 14.6 Å². The van der Waals surface area contributed by atoms with Crippen molar-refractivity contribution < 1.29 is 18.1 Å². The van der Waals surface area contributed by atoms with Crippen LogP contribution in [0.2, 0.25) is 5.82 Å². The van der Waals surface area contributed by atoms with E-state index in [1.54, 1.807) is 0 Å². The molecule has 1 aromatic rings. The first-order valence-corrected chi connectivity index (χ1v) is 7.41. The van der Waals surface area contributed by atoms with Crippen LogP contribution >= 0.6 is 0 Å². The van der Waals surface area contributed by atoms with Crippen LogP contribution in [0.15, 0.2) is 12.1 Å². The Labute approximate surface area is 129 Å². The Kier molecular flexibility index (Phi) is 3.35. The largest absolute Gasteiger partial charge is 0.461 e. The maximum atomic E-state index is 13.7. The van der Waals surface area contributed by atoms with Gasteiger partial charge in [-0.05, 0) is 57.7 Å². The summed E-state index contributed by atoms with van der Waals surface area (Å²) in [6.07, 6.45) is 0.765. The minimum absolute atomic E-state index is 0.00597. The Morgan fingerprint density at radius 2 is 1.64 bits per heavy atom. The number of hydrogen-bond acceptors (Lipinski definition) is 3. The van der Waals surface area contributed by atoms with Crippen molar-refractivity contribution in [3.63, 3.8) is 0 Å². The Bertz CT molecular complexity index is 630. The van der Waals surface area contributed by atoms with E-state index in [0.29, 0.717) is 5.56 Å². The van der Waals surface area contributed by atoms with Crippen molar-refractivity contribution in [2.75, 3.05) is 0 Å². The Morgan fingerprint density at radius 3 is 2.09 bits per heavy atom. The third-order valence-electron chi connectivity index (χ3n) is 5.07. The summed E-state index contributed by atoms with van der Waals surface area (Å²) in [6, 6.07) is 4.03. The van der Waals surface area contributed by atoms with Gasteiger partial charge in [-0.15, -0.1) is 0 Å². The van der Waals surface area contributed by atoms with E-state index >= 15 is 0 Å². The number of nitrogens with zero attached hydrogens (tertiary/aromatic N) is 1. The molecular formula is C16H18BF2NO2. The smallest absolute Gasteiger partial charge is 0.403 e. The number of benzene rings is 1. The van der Waals surface area contributed by atoms with Crippen molar-refractivity contribution in [2.24, 2.45) is 0 Å². The van der Waals surface area contributed by atoms with Gasteiger partial charge in [-0.1, -0.05) is 0 Å². The molecule has 116 valence electrons. The third-order valence-corrected chi connectivity index (χ3v) is 5.07. The summed E-state index contributed by atoms with van der Waals surface area (Å²) >= 11 is 0. The van der Waals surface area contributed by atoms with Gasteiger partial charge >= 0.3 is 7.12 Å². The fourth-order valence-corrected chi connectivity index (χ4v) is 2.88. The lowest BCUT2D eigenvalue weighted by molar-refractivity contribution is 0.00578. The highest BCUT2D eigenvalue weighted by Gasteiger charge is 2.59. The van der Waals surface area contributed by atoms with Gasteiger partial charge in [-0.3, -0.25) is 0 Å². The first kappa shape index (κ1) is 15.5. The van der Waals surface area contributed by atoms with Gasteiger partial charge in [0.2, 0.25) is 0 Å². The van der Waals surface area contributed by atoms with Gasteiger partial charge in [-0.25, -0.2) is 8.78 Å². The maximum Gasteiger partial charge on any atom is 0.461 e. The van der Waals surface area contributed by atoms with E-state index in [1.165, 1.54) is 18.2 Å². The molecular weight excluding hydrogens is 287 g/mol. The second kappa shape index (κ2) is 4.77. The molecule has 6 heteroatoms. The molecule has 1 saturated heterocycles. The summed E-state index contributed by atoms with van der Waals surface area (Å²) in [7, 11) is -0.364. The molecule has 0 bridgehead atoms. The molecule has 22 heavy (non-hydrogen) atoms. The van der Waals surface area contributed by atoms with E-state index in [2.05, 4.69) is 0 Å². The second-order valence-electron chi connectivity index (χ2n) is 7.10. The molecule has 3 nitrogen and oxygen atoms in total.